The van der Waals surface area contributed by atoms with Crippen LogP contribution in [0.4, 0.5) is 5.88 Å². The number of methoxy groups -OCH3 is 1. The van der Waals surface area contributed by atoms with Crippen molar-refractivity contribution in [2.45, 2.75) is 19.9 Å². The van der Waals surface area contributed by atoms with E-state index in [1.807, 2.05) is 49.3 Å². The van der Waals surface area contributed by atoms with Crippen molar-refractivity contribution in [3.63, 3.8) is 0 Å². The van der Waals surface area contributed by atoms with Gasteiger partial charge < -0.3 is 18.8 Å². The van der Waals surface area contributed by atoms with Crippen LogP contribution < -0.4 is 24.5 Å². The van der Waals surface area contributed by atoms with E-state index in [1.54, 1.807) is 27.0 Å². The quantitative estimate of drug-likeness (QED) is 0.442. The highest BCUT2D eigenvalue weighted by Crippen LogP contribution is 2.32. The van der Waals surface area contributed by atoms with Gasteiger partial charge in [0.15, 0.2) is 4.80 Å². The molecular formula is C24H24BrN3O5S. The molecule has 3 heterocycles. The first kappa shape index (κ1) is 24.0. The molecule has 1 aliphatic heterocycles. The molecule has 34 heavy (non-hydrogen) atoms. The van der Waals surface area contributed by atoms with Crippen LogP contribution in [0.15, 0.2) is 60.3 Å². The highest BCUT2D eigenvalue weighted by molar-refractivity contribution is 9.10. The van der Waals surface area contributed by atoms with E-state index in [0.717, 1.165) is 10.0 Å². The van der Waals surface area contributed by atoms with Gasteiger partial charge in [0.2, 0.25) is 5.88 Å². The zero-order chi connectivity index (χ0) is 24.6. The molecule has 4 rings (SSSR count). The number of thiazole rings is 1. The molecule has 1 aliphatic rings. The molecule has 178 valence electrons. The van der Waals surface area contributed by atoms with Crippen molar-refractivity contribution in [1.29, 1.82) is 0 Å². The van der Waals surface area contributed by atoms with Gasteiger partial charge in [-0.2, -0.15) is 0 Å². The summed E-state index contributed by atoms with van der Waals surface area (Å²) in [5.41, 5.74) is 1.28. The van der Waals surface area contributed by atoms with Crippen molar-refractivity contribution in [2.75, 3.05) is 32.7 Å². The van der Waals surface area contributed by atoms with E-state index in [0.29, 0.717) is 38.0 Å². The molecule has 0 saturated heterocycles. The van der Waals surface area contributed by atoms with Crippen molar-refractivity contribution in [3.8, 4) is 5.75 Å². The van der Waals surface area contributed by atoms with Gasteiger partial charge in [-0.3, -0.25) is 9.36 Å². The van der Waals surface area contributed by atoms with E-state index in [4.69, 9.17) is 13.9 Å². The highest BCUT2D eigenvalue weighted by atomic mass is 79.9. The smallest absolute Gasteiger partial charge is 0.338 e. The second-order valence-electron chi connectivity index (χ2n) is 7.78. The van der Waals surface area contributed by atoms with Crippen LogP contribution in [-0.2, 0) is 9.53 Å². The van der Waals surface area contributed by atoms with Gasteiger partial charge in [-0.05, 0) is 47.5 Å². The minimum absolute atomic E-state index is 0.215. The fourth-order valence-corrected chi connectivity index (χ4v) is 5.49. The molecule has 0 unspecified atom stereocenters. The summed E-state index contributed by atoms with van der Waals surface area (Å²) in [5, 5.41) is 0. The second-order valence-corrected chi connectivity index (χ2v) is 9.64. The van der Waals surface area contributed by atoms with Gasteiger partial charge in [-0.1, -0.05) is 23.5 Å². The van der Waals surface area contributed by atoms with Crippen LogP contribution in [0.25, 0.3) is 6.08 Å². The fraction of sp³-hybridized carbons (Fsp3) is 0.292. The lowest BCUT2D eigenvalue weighted by molar-refractivity contribution is -0.139. The van der Waals surface area contributed by atoms with Crippen LogP contribution in [0.3, 0.4) is 0 Å². The van der Waals surface area contributed by atoms with Crippen LogP contribution in [0.5, 0.6) is 5.75 Å². The Morgan fingerprint density at radius 1 is 1.35 bits per heavy atom. The number of fused-ring (bicyclic) bond motifs is 1. The molecule has 0 amide bonds. The number of anilines is 1. The molecule has 1 atom stereocenters. The van der Waals surface area contributed by atoms with Gasteiger partial charge in [0, 0.05) is 26.2 Å². The summed E-state index contributed by atoms with van der Waals surface area (Å²) in [6.45, 7) is 3.71. The summed E-state index contributed by atoms with van der Waals surface area (Å²) < 4.78 is 19.3. The Labute approximate surface area is 208 Å². The number of ether oxygens (including phenoxy) is 2. The third-order valence-corrected chi connectivity index (χ3v) is 6.84. The SMILES string of the molecule is CCOC(=O)C1=C(C)N=c2s/c(=C/c3cc(Br)c(N(C)C)o3)c(=O)n2[C@@H]1c1cccc(OC)c1. The lowest BCUT2D eigenvalue weighted by Gasteiger charge is -2.24. The van der Waals surface area contributed by atoms with E-state index in [2.05, 4.69) is 20.9 Å². The van der Waals surface area contributed by atoms with Crippen molar-refractivity contribution in [3.05, 3.63) is 77.1 Å². The predicted octanol–water partition coefficient (Wildman–Crippen LogP) is 3.23. The molecule has 0 saturated carbocycles. The number of halogens is 1. The average molecular weight is 546 g/mol. The van der Waals surface area contributed by atoms with Crippen LogP contribution >= 0.6 is 27.3 Å². The van der Waals surface area contributed by atoms with Gasteiger partial charge in [-0.25, -0.2) is 9.79 Å². The number of benzene rings is 1. The number of furan rings is 1. The monoisotopic (exact) mass is 545 g/mol. The fourth-order valence-electron chi connectivity index (χ4n) is 3.80. The molecular weight excluding hydrogens is 522 g/mol. The Kier molecular flexibility index (Phi) is 6.81. The molecule has 3 aromatic rings. The lowest BCUT2D eigenvalue weighted by Crippen LogP contribution is -2.39. The first-order valence-corrected chi connectivity index (χ1v) is 12.2. The van der Waals surface area contributed by atoms with Crippen LogP contribution in [0.1, 0.15) is 31.2 Å². The zero-order valence-electron chi connectivity index (χ0n) is 19.4. The average Bonchev–Trinajstić information content (AvgIpc) is 3.32. The molecule has 1 aromatic carbocycles. The minimum atomic E-state index is -0.701. The summed E-state index contributed by atoms with van der Waals surface area (Å²) in [7, 11) is 5.31. The maximum atomic E-state index is 13.6. The van der Waals surface area contributed by atoms with Gasteiger partial charge in [0.05, 0.1) is 40.0 Å². The lowest BCUT2D eigenvalue weighted by atomic mass is 9.95. The number of rotatable bonds is 6. The largest absolute Gasteiger partial charge is 0.497 e. The zero-order valence-corrected chi connectivity index (χ0v) is 21.8. The summed E-state index contributed by atoms with van der Waals surface area (Å²) in [6.07, 6.45) is 1.69. The van der Waals surface area contributed by atoms with Gasteiger partial charge in [-0.15, -0.1) is 0 Å². The van der Waals surface area contributed by atoms with Gasteiger partial charge >= 0.3 is 5.97 Å². The molecule has 0 fully saturated rings. The number of carbonyl (C=O) groups excluding carboxylic acids is 1. The molecule has 10 heteroatoms. The highest BCUT2D eigenvalue weighted by Gasteiger charge is 2.33. The first-order chi connectivity index (χ1) is 16.2. The number of aromatic nitrogens is 1. The molecule has 0 aliphatic carbocycles. The molecule has 2 aromatic heterocycles. The topological polar surface area (TPSA) is 86.3 Å². The maximum absolute atomic E-state index is 13.6. The van der Waals surface area contributed by atoms with E-state index in [1.165, 1.54) is 15.9 Å². The number of carbonyl (C=O) groups is 1. The number of hydrogen-bond acceptors (Lipinski definition) is 8. The Morgan fingerprint density at radius 2 is 2.12 bits per heavy atom. The summed E-state index contributed by atoms with van der Waals surface area (Å²) >= 11 is 4.72. The maximum Gasteiger partial charge on any atom is 0.338 e. The van der Waals surface area contributed by atoms with Crippen molar-refractivity contribution >= 4 is 45.2 Å². The number of hydrogen-bond donors (Lipinski definition) is 0. The van der Waals surface area contributed by atoms with E-state index >= 15 is 0 Å². The van der Waals surface area contributed by atoms with E-state index < -0.39 is 12.0 Å². The summed E-state index contributed by atoms with van der Waals surface area (Å²) in [5.74, 6) is 1.29. The van der Waals surface area contributed by atoms with Crippen LogP contribution in [-0.4, -0.2) is 38.3 Å². The minimum Gasteiger partial charge on any atom is -0.497 e. The summed E-state index contributed by atoms with van der Waals surface area (Å²) in [6, 6.07) is 8.41. The normalized spacial score (nSPS) is 15.7. The third kappa shape index (κ3) is 4.35. The Bertz CT molecular complexity index is 1460. The van der Waals surface area contributed by atoms with Crippen molar-refractivity contribution in [1.82, 2.24) is 4.57 Å². The first-order valence-electron chi connectivity index (χ1n) is 10.6. The number of esters is 1. The molecule has 0 N–H and O–H groups in total. The third-order valence-electron chi connectivity index (χ3n) is 5.29. The molecule has 0 radical (unpaired) electrons. The summed E-state index contributed by atoms with van der Waals surface area (Å²) in [4.78, 5) is 33.5. The van der Waals surface area contributed by atoms with E-state index in [9.17, 15) is 9.59 Å². The Hall–Kier alpha value is -3.11. The second kappa shape index (κ2) is 9.63. The number of allylic oxidation sites excluding steroid dienone is 1. The van der Waals surface area contributed by atoms with Crippen molar-refractivity contribution in [2.24, 2.45) is 4.99 Å². The Balaban J connectivity index is 1.94. The predicted molar refractivity (Wildman–Crippen MR) is 134 cm³/mol. The van der Waals surface area contributed by atoms with Crippen LogP contribution in [0.2, 0.25) is 0 Å². The molecule has 0 spiro atoms. The Morgan fingerprint density at radius 3 is 2.76 bits per heavy atom. The van der Waals surface area contributed by atoms with Crippen LogP contribution in [0, 0.1) is 0 Å². The van der Waals surface area contributed by atoms with Gasteiger partial charge in [0.1, 0.15) is 11.5 Å². The molecule has 8 nitrogen and oxygen atoms in total. The van der Waals surface area contributed by atoms with Crippen molar-refractivity contribution < 1.29 is 18.7 Å². The number of nitrogens with zero attached hydrogens (tertiary/aromatic N) is 3. The molecule has 0 bridgehead atoms. The van der Waals surface area contributed by atoms with Gasteiger partial charge in [0.25, 0.3) is 5.56 Å². The van der Waals surface area contributed by atoms with E-state index in [-0.39, 0.29) is 12.2 Å². The standard InChI is InChI=1S/C24H24BrN3O5S/c1-6-32-23(30)19-13(2)26-24-28(20(19)14-8-7-9-15(10-14)31-5)21(29)18(34-24)12-16-11-17(25)22(33-16)27(3)4/h7-12,20H,6H2,1-5H3/b18-12+/t20-/m1/s1.